The van der Waals surface area contributed by atoms with Crippen LogP contribution in [0.4, 0.5) is 0 Å². The van der Waals surface area contributed by atoms with E-state index in [0.717, 1.165) is 16.3 Å². The maximum atomic E-state index is 12.5. The summed E-state index contributed by atoms with van der Waals surface area (Å²) in [6.45, 7) is 4.33. The molecule has 0 radical (unpaired) electrons. The van der Waals surface area contributed by atoms with Crippen molar-refractivity contribution in [3.05, 3.63) is 28.3 Å². The summed E-state index contributed by atoms with van der Waals surface area (Å²) in [7, 11) is 3.57. The molecule has 2 amide bonds. The molecule has 118 valence electrons. The Morgan fingerprint density at radius 1 is 1.45 bits per heavy atom. The van der Waals surface area contributed by atoms with Gasteiger partial charge in [0.2, 0.25) is 5.91 Å². The predicted octanol–water partition coefficient (Wildman–Crippen LogP) is 1.67. The van der Waals surface area contributed by atoms with Crippen LogP contribution in [0, 0.1) is 6.92 Å². The van der Waals surface area contributed by atoms with Crippen molar-refractivity contribution in [2.45, 2.75) is 13.8 Å². The van der Waals surface area contributed by atoms with Gasteiger partial charge in [-0.3, -0.25) is 9.59 Å². The second-order valence-electron chi connectivity index (χ2n) is 5.19. The van der Waals surface area contributed by atoms with E-state index in [1.807, 2.05) is 31.6 Å². The molecule has 0 bridgehead atoms. The van der Waals surface area contributed by atoms with Crippen molar-refractivity contribution in [2.75, 3.05) is 20.1 Å². The standard InChI is InChI=1S/C15H20N4O2S/c1-10(20)16-5-6-18(3)15(21)14-7-12(8-19(14)4)13-9-22-11(2)17-13/h7-9H,5-6H2,1-4H3,(H,16,20). The van der Waals surface area contributed by atoms with Crippen LogP contribution in [0.2, 0.25) is 0 Å². The third-order valence-corrected chi connectivity index (χ3v) is 4.08. The highest BCUT2D eigenvalue weighted by Gasteiger charge is 2.17. The Kier molecular flexibility index (Phi) is 4.97. The van der Waals surface area contributed by atoms with Crippen LogP contribution in [-0.2, 0) is 11.8 Å². The number of amides is 2. The van der Waals surface area contributed by atoms with Gasteiger partial charge in [-0.25, -0.2) is 4.98 Å². The minimum Gasteiger partial charge on any atom is -0.355 e. The monoisotopic (exact) mass is 320 g/mol. The number of rotatable bonds is 5. The predicted molar refractivity (Wildman–Crippen MR) is 86.9 cm³/mol. The number of nitrogens with zero attached hydrogens (tertiary/aromatic N) is 3. The molecule has 2 aromatic heterocycles. The largest absolute Gasteiger partial charge is 0.355 e. The quantitative estimate of drug-likeness (QED) is 0.911. The lowest BCUT2D eigenvalue weighted by atomic mass is 10.2. The molecule has 0 aliphatic heterocycles. The molecule has 2 rings (SSSR count). The molecule has 0 atom stereocenters. The van der Waals surface area contributed by atoms with Gasteiger partial charge in [-0.2, -0.15) is 0 Å². The van der Waals surface area contributed by atoms with Crippen LogP contribution < -0.4 is 5.32 Å². The molecule has 7 heteroatoms. The van der Waals surface area contributed by atoms with E-state index in [9.17, 15) is 9.59 Å². The molecule has 0 aliphatic rings. The molecule has 0 saturated carbocycles. The van der Waals surface area contributed by atoms with Crippen LogP contribution in [0.5, 0.6) is 0 Å². The van der Waals surface area contributed by atoms with Crippen molar-refractivity contribution in [3.63, 3.8) is 0 Å². The molecular formula is C15H20N4O2S. The van der Waals surface area contributed by atoms with E-state index in [1.54, 1.807) is 27.9 Å². The Bertz CT molecular complexity index is 690. The van der Waals surface area contributed by atoms with E-state index < -0.39 is 0 Å². The van der Waals surface area contributed by atoms with E-state index in [4.69, 9.17) is 0 Å². The van der Waals surface area contributed by atoms with Gasteiger partial charge in [0.25, 0.3) is 5.91 Å². The zero-order valence-electron chi connectivity index (χ0n) is 13.2. The highest BCUT2D eigenvalue weighted by Crippen LogP contribution is 2.23. The maximum absolute atomic E-state index is 12.5. The van der Waals surface area contributed by atoms with Gasteiger partial charge >= 0.3 is 0 Å². The number of carbonyl (C=O) groups is 2. The fraction of sp³-hybridized carbons (Fsp3) is 0.400. The van der Waals surface area contributed by atoms with Crippen molar-refractivity contribution in [1.29, 1.82) is 0 Å². The number of likely N-dealkylation sites (N-methyl/N-ethyl adjacent to an activating group) is 1. The number of hydrogen-bond acceptors (Lipinski definition) is 4. The molecule has 2 aromatic rings. The lowest BCUT2D eigenvalue weighted by Crippen LogP contribution is -2.36. The van der Waals surface area contributed by atoms with E-state index >= 15 is 0 Å². The van der Waals surface area contributed by atoms with Crippen LogP contribution in [0.25, 0.3) is 11.3 Å². The number of carbonyl (C=O) groups excluding carboxylic acids is 2. The number of nitrogens with one attached hydrogen (secondary N) is 1. The Morgan fingerprint density at radius 3 is 2.77 bits per heavy atom. The first-order valence-electron chi connectivity index (χ1n) is 6.97. The van der Waals surface area contributed by atoms with E-state index in [0.29, 0.717) is 18.8 Å². The molecule has 0 aliphatic carbocycles. The zero-order valence-corrected chi connectivity index (χ0v) is 14.0. The van der Waals surface area contributed by atoms with Gasteiger partial charge in [-0.1, -0.05) is 0 Å². The minimum atomic E-state index is -0.0964. The highest BCUT2D eigenvalue weighted by atomic mass is 32.1. The summed E-state index contributed by atoms with van der Waals surface area (Å²) in [5, 5.41) is 5.67. The van der Waals surface area contributed by atoms with Crippen LogP contribution in [0.1, 0.15) is 22.4 Å². The Labute approximate surface area is 133 Å². The Balaban J connectivity index is 2.10. The molecule has 0 spiro atoms. The number of hydrogen-bond donors (Lipinski definition) is 1. The third-order valence-electron chi connectivity index (χ3n) is 3.31. The van der Waals surface area contributed by atoms with Crippen molar-refractivity contribution < 1.29 is 9.59 Å². The number of aryl methyl sites for hydroxylation is 2. The summed E-state index contributed by atoms with van der Waals surface area (Å²) >= 11 is 1.59. The summed E-state index contributed by atoms with van der Waals surface area (Å²) < 4.78 is 1.81. The first-order valence-corrected chi connectivity index (χ1v) is 7.85. The van der Waals surface area contributed by atoms with Gasteiger partial charge in [0, 0.05) is 51.2 Å². The average molecular weight is 320 g/mol. The highest BCUT2D eigenvalue weighted by molar-refractivity contribution is 7.09. The summed E-state index contributed by atoms with van der Waals surface area (Å²) in [4.78, 5) is 29.4. The van der Waals surface area contributed by atoms with Crippen molar-refractivity contribution in [2.24, 2.45) is 7.05 Å². The fourth-order valence-electron chi connectivity index (χ4n) is 2.11. The van der Waals surface area contributed by atoms with Gasteiger partial charge in [-0.05, 0) is 13.0 Å². The molecule has 2 heterocycles. The van der Waals surface area contributed by atoms with Crippen LogP contribution in [0.15, 0.2) is 17.6 Å². The first kappa shape index (κ1) is 16.2. The van der Waals surface area contributed by atoms with E-state index in [2.05, 4.69) is 10.3 Å². The van der Waals surface area contributed by atoms with Gasteiger partial charge in [0.1, 0.15) is 5.69 Å². The van der Waals surface area contributed by atoms with Gasteiger partial charge in [0.05, 0.1) is 10.7 Å². The Hall–Kier alpha value is -2.15. The second kappa shape index (κ2) is 6.74. The molecule has 0 aromatic carbocycles. The van der Waals surface area contributed by atoms with Crippen LogP contribution in [0.3, 0.4) is 0 Å². The van der Waals surface area contributed by atoms with Crippen molar-refractivity contribution >= 4 is 23.2 Å². The first-order chi connectivity index (χ1) is 10.4. The Morgan fingerprint density at radius 2 is 2.18 bits per heavy atom. The smallest absolute Gasteiger partial charge is 0.270 e. The molecular weight excluding hydrogens is 300 g/mol. The summed E-state index contributed by atoms with van der Waals surface area (Å²) in [6.07, 6.45) is 1.91. The lowest BCUT2D eigenvalue weighted by molar-refractivity contribution is -0.118. The molecule has 0 unspecified atom stereocenters. The van der Waals surface area contributed by atoms with E-state index in [1.165, 1.54) is 6.92 Å². The summed E-state index contributed by atoms with van der Waals surface area (Å²) in [6, 6.07) is 1.85. The van der Waals surface area contributed by atoms with Crippen molar-refractivity contribution in [1.82, 2.24) is 19.8 Å². The SMILES string of the molecule is CC(=O)NCCN(C)C(=O)c1cc(-c2csc(C)n2)cn1C. The summed E-state index contributed by atoms with van der Waals surface area (Å²) in [5.41, 5.74) is 2.43. The lowest BCUT2D eigenvalue weighted by Gasteiger charge is -2.17. The molecule has 22 heavy (non-hydrogen) atoms. The van der Waals surface area contributed by atoms with Gasteiger partial charge in [-0.15, -0.1) is 11.3 Å². The summed E-state index contributed by atoms with van der Waals surface area (Å²) in [5.74, 6) is -0.174. The number of aromatic nitrogens is 2. The maximum Gasteiger partial charge on any atom is 0.270 e. The van der Waals surface area contributed by atoms with Gasteiger partial charge < -0.3 is 14.8 Å². The van der Waals surface area contributed by atoms with Gasteiger partial charge in [0.15, 0.2) is 0 Å². The van der Waals surface area contributed by atoms with Crippen LogP contribution in [-0.4, -0.2) is 46.4 Å². The topological polar surface area (TPSA) is 67.2 Å². The molecule has 0 saturated heterocycles. The molecule has 0 fully saturated rings. The fourth-order valence-corrected chi connectivity index (χ4v) is 2.73. The molecule has 1 N–H and O–H groups in total. The van der Waals surface area contributed by atoms with Crippen molar-refractivity contribution in [3.8, 4) is 11.3 Å². The molecule has 6 nitrogen and oxygen atoms in total. The second-order valence-corrected chi connectivity index (χ2v) is 6.25. The number of thiazole rings is 1. The average Bonchev–Trinajstić information content (AvgIpc) is 3.03. The third kappa shape index (κ3) is 3.73. The van der Waals surface area contributed by atoms with E-state index in [-0.39, 0.29) is 11.8 Å². The minimum absolute atomic E-state index is 0.0777. The van der Waals surface area contributed by atoms with Crippen LogP contribution >= 0.6 is 11.3 Å². The normalized spacial score (nSPS) is 10.5. The zero-order chi connectivity index (χ0) is 16.3.